The second kappa shape index (κ2) is 3.36. The van der Waals surface area contributed by atoms with Crippen molar-refractivity contribution in [2.24, 2.45) is 0 Å². The maximum atomic E-state index is 12.7. The highest BCUT2D eigenvalue weighted by Gasteiger charge is 2.54. The van der Waals surface area contributed by atoms with Gasteiger partial charge in [-0.2, -0.15) is 8.78 Å². The third-order valence-electron chi connectivity index (χ3n) is 1.28. The summed E-state index contributed by atoms with van der Waals surface area (Å²) in [4.78, 5) is 0. The van der Waals surface area contributed by atoms with Gasteiger partial charge in [0, 0.05) is 13.8 Å². The first-order valence-electron chi connectivity index (χ1n) is 3.22. The highest BCUT2D eigenvalue weighted by Crippen LogP contribution is 2.37. The van der Waals surface area contributed by atoms with E-state index in [1.54, 1.807) is 0 Å². The van der Waals surface area contributed by atoms with Crippen LogP contribution in [0.3, 0.4) is 0 Å². The number of halogens is 6. The quantitative estimate of drug-likeness (QED) is 0.648. The first-order valence-corrected chi connectivity index (χ1v) is 3.22. The fourth-order valence-corrected chi connectivity index (χ4v) is 0.397. The molecular formula is C6H8F6O. The lowest BCUT2D eigenvalue weighted by molar-refractivity contribution is -0.376. The monoisotopic (exact) mass is 210 g/mol. The largest absolute Gasteiger partial charge is 0.386 e. The first-order chi connectivity index (χ1) is 5.52. The molecule has 0 aliphatic carbocycles. The van der Waals surface area contributed by atoms with Crippen LogP contribution in [0.2, 0.25) is 0 Å². The van der Waals surface area contributed by atoms with Crippen LogP contribution in [-0.2, 0) is 4.74 Å². The van der Waals surface area contributed by atoms with E-state index in [-0.39, 0.29) is 13.8 Å². The lowest BCUT2D eigenvalue weighted by Crippen LogP contribution is -2.47. The summed E-state index contributed by atoms with van der Waals surface area (Å²) in [7, 11) is 0. The van der Waals surface area contributed by atoms with Crippen LogP contribution in [0.5, 0.6) is 0 Å². The van der Waals surface area contributed by atoms with Gasteiger partial charge in [-0.1, -0.05) is 0 Å². The zero-order valence-corrected chi connectivity index (χ0v) is 6.88. The van der Waals surface area contributed by atoms with Gasteiger partial charge in [0.1, 0.15) is 0 Å². The van der Waals surface area contributed by atoms with Crippen molar-refractivity contribution in [3.05, 3.63) is 0 Å². The van der Waals surface area contributed by atoms with E-state index in [9.17, 15) is 26.3 Å². The van der Waals surface area contributed by atoms with Gasteiger partial charge in [-0.15, -0.1) is 0 Å². The average Bonchev–Trinajstić information content (AvgIpc) is 1.83. The van der Waals surface area contributed by atoms with E-state index in [4.69, 9.17) is 0 Å². The van der Waals surface area contributed by atoms with Crippen molar-refractivity contribution in [2.75, 3.05) is 6.67 Å². The number of ether oxygens (including phenoxy) is 1. The van der Waals surface area contributed by atoms with Crippen molar-refractivity contribution in [1.82, 2.24) is 0 Å². The lowest BCUT2D eigenvalue weighted by atomic mass is 10.2. The first kappa shape index (κ1) is 12.5. The van der Waals surface area contributed by atoms with Crippen molar-refractivity contribution in [3.8, 4) is 0 Å². The molecule has 0 bridgehead atoms. The molecule has 0 saturated carbocycles. The molecule has 1 unspecified atom stereocenters. The summed E-state index contributed by atoms with van der Waals surface area (Å²) < 4.78 is 75.5. The highest BCUT2D eigenvalue weighted by atomic mass is 19.3. The standard InChI is InChI=1S/C6H8F6O/c1-4(8,9)5(2,10)13-6(11,12)3-7/h3H2,1-2H3. The molecule has 1 nitrogen and oxygen atoms in total. The predicted molar refractivity (Wildman–Crippen MR) is 32.1 cm³/mol. The zero-order chi connectivity index (χ0) is 10.9. The van der Waals surface area contributed by atoms with E-state index in [0.29, 0.717) is 0 Å². The van der Waals surface area contributed by atoms with Crippen LogP contribution in [0.25, 0.3) is 0 Å². The van der Waals surface area contributed by atoms with E-state index < -0.39 is 24.6 Å². The fraction of sp³-hybridized carbons (Fsp3) is 1.00. The second-order valence-electron chi connectivity index (χ2n) is 2.68. The smallest absolute Gasteiger partial charge is 0.275 e. The molecule has 0 amide bonds. The molecule has 1 atom stereocenters. The van der Waals surface area contributed by atoms with Gasteiger partial charge in [-0.05, 0) is 0 Å². The SMILES string of the molecule is CC(F)(F)C(C)(F)OC(F)(F)CF. The minimum atomic E-state index is -4.54. The van der Waals surface area contributed by atoms with E-state index in [2.05, 4.69) is 4.74 Å². The average molecular weight is 210 g/mol. The van der Waals surface area contributed by atoms with E-state index in [0.717, 1.165) is 0 Å². The van der Waals surface area contributed by atoms with Crippen LogP contribution in [0.1, 0.15) is 13.8 Å². The molecule has 7 heteroatoms. The maximum Gasteiger partial charge on any atom is 0.386 e. The van der Waals surface area contributed by atoms with Crippen molar-refractivity contribution in [3.63, 3.8) is 0 Å². The molecule has 0 radical (unpaired) electrons. The van der Waals surface area contributed by atoms with Gasteiger partial charge in [-0.25, -0.2) is 17.6 Å². The zero-order valence-electron chi connectivity index (χ0n) is 6.88. The Morgan fingerprint density at radius 3 is 1.62 bits per heavy atom. The van der Waals surface area contributed by atoms with Gasteiger partial charge in [0.15, 0.2) is 6.67 Å². The topological polar surface area (TPSA) is 9.23 Å². The molecule has 0 aliphatic heterocycles. The molecule has 0 aromatic rings. The predicted octanol–water partition coefficient (Wildman–Crippen LogP) is 2.91. The van der Waals surface area contributed by atoms with Gasteiger partial charge < -0.3 is 0 Å². The molecule has 0 aromatic carbocycles. The molecular weight excluding hydrogens is 202 g/mol. The van der Waals surface area contributed by atoms with Crippen molar-refractivity contribution in [1.29, 1.82) is 0 Å². The summed E-state index contributed by atoms with van der Waals surface area (Å²) in [5.41, 5.74) is 0. The summed E-state index contributed by atoms with van der Waals surface area (Å²) in [5.74, 6) is -8.03. The van der Waals surface area contributed by atoms with Gasteiger partial charge in [0.05, 0.1) is 0 Å². The Bertz CT molecular complexity index is 172. The molecule has 0 aliphatic rings. The highest BCUT2D eigenvalue weighted by molar-refractivity contribution is 4.78. The number of hydrogen-bond donors (Lipinski definition) is 0. The van der Waals surface area contributed by atoms with Crippen molar-refractivity contribution < 1.29 is 31.1 Å². The normalized spacial score (nSPS) is 18.5. The maximum absolute atomic E-state index is 12.7. The molecule has 80 valence electrons. The Balaban J connectivity index is 4.52. The van der Waals surface area contributed by atoms with Crippen LogP contribution in [0, 0.1) is 0 Å². The van der Waals surface area contributed by atoms with Gasteiger partial charge in [0.25, 0.3) is 5.85 Å². The number of alkyl halides is 6. The number of hydrogen-bond acceptors (Lipinski definition) is 1. The van der Waals surface area contributed by atoms with Gasteiger partial charge in [0.2, 0.25) is 0 Å². The summed E-state index contributed by atoms with van der Waals surface area (Å²) in [5, 5.41) is 0. The molecule has 13 heavy (non-hydrogen) atoms. The van der Waals surface area contributed by atoms with Crippen LogP contribution < -0.4 is 0 Å². The van der Waals surface area contributed by atoms with Crippen molar-refractivity contribution >= 4 is 0 Å². The molecule has 0 aromatic heterocycles. The van der Waals surface area contributed by atoms with Crippen LogP contribution in [-0.4, -0.2) is 24.6 Å². The summed E-state index contributed by atoms with van der Waals surface area (Å²) in [6.07, 6.45) is -4.54. The fourth-order valence-electron chi connectivity index (χ4n) is 0.397. The second-order valence-corrected chi connectivity index (χ2v) is 2.68. The van der Waals surface area contributed by atoms with Crippen molar-refractivity contribution in [2.45, 2.75) is 31.7 Å². The summed E-state index contributed by atoms with van der Waals surface area (Å²) >= 11 is 0. The van der Waals surface area contributed by atoms with Crippen LogP contribution in [0.15, 0.2) is 0 Å². The minimum absolute atomic E-state index is 0.0569. The molecule has 0 fully saturated rings. The Morgan fingerprint density at radius 2 is 1.38 bits per heavy atom. The van der Waals surface area contributed by atoms with E-state index >= 15 is 0 Å². The summed E-state index contributed by atoms with van der Waals surface area (Å²) in [6, 6.07) is 0. The Morgan fingerprint density at radius 1 is 1.00 bits per heavy atom. The van der Waals surface area contributed by atoms with Crippen LogP contribution in [0.4, 0.5) is 26.3 Å². The third kappa shape index (κ3) is 3.41. The Hall–Kier alpha value is -0.460. The number of rotatable bonds is 4. The molecule has 0 N–H and O–H groups in total. The molecule has 0 saturated heterocycles. The van der Waals surface area contributed by atoms with Crippen LogP contribution >= 0.6 is 0 Å². The summed E-state index contributed by atoms with van der Waals surface area (Å²) in [6.45, 7) is -2.19. The van der Waals surface area contributed by atoms with Gasteiger partial charge >= 0.3 is 12.0 Å². The molecule has 0 heterocycles. The minimum Gasteiger partial charge on any atom is -0.275 e. The van der Waals surface area contributed by atoms with E-state index in [1.807, 2.05) is 0 Å². The lowest BCUT2D eigenvalue weighted by Gasteiger charge is -2.29. The third-order valence-corrected chi connectivity index (χ3v) is 1.28. The Labute approximate surface area is 70.7 Å². The Kier molecular flexibility index (Phi) is 3.24. The molecule has 0 rings (SSSR count). The van der Waals surface area contributed by atoms with E-state index in [1.165, 1.54) is 0 Å². The molecule has 0 spiro atoms. The van der Waals surface area contributed by atoms with Gasteiger partial charge in [-0.3, -0.25) is 4.74 Å².